The van der Waals surface area contributed by atoms with Crippen LogP contribution in [0.5, 0.6) is 0 Å². The van der Waals surface area contributed by atoms with Gasteiger partial charge in [-0.1, -0.05) is 56.1 Å². The topological polar surface area (TPSA) is 393 Å². The highest BCUT2D eigenvalue weighted by molar-refractivity contribution is 9.09. The Hall–Kier alpha value is -4.96. The molecule has 6 N–H and O–H groups in total. The molecular weight excluding hydrogens is 1200 g/mol. The molecular formula is C46H62BrN4O20S6+. The van der Waals surface area contributed by atoms with Crippen LogP contribution in [0.2, 0.25) is 0 Å². The average Bonchev–Trinajstić information content (AvgIpc) is 3.65. The maximum Gasteiger partial charge on any atom is 0.425 e. The quantitative estimate of drug-likeness (QED) is 0.0263. The molecule has 6 rings (SSSR count). The van der Waals surface area contributed by atoms with E-state index in [0.717, 1.165) is 77.8 Å². The van der Waals surface area contributed by atoms with Gasteiger partial charge in [0.25, 0.3) is 20.2 Å². The zero-order valence-corrected chi connectivity index (χ0v) is 49.6. The van der Waals surface area contributed by atoms with Gasteiger partial charge in [0.05, 0.1) is 30.7 Å². The highest BCUT2D eigenvalue weighted by Crippen LogP contribution is 2.47. The molecule has 31 heteroatoms. The predicted molar refractivity (Wildman–Crippen MR) is 289 cm³/mol. The van der Waals surface area contributed by atoms with Crippen molar-refractivity contribution in [3.05, 3.63) is 59.7 Å². The van der Waals surface area contributed by atoms with E-state index >= 15 is 0 Å². The number of benzene rings is 4. The fourth-order valence-electron chi connectivity index (χ4n) is 8.40. The fraction of sp³-hybridized carbons (Fsp3) is 0.478. The molecule has 4 aromatic carbocycles. The van der Waals surface area contributed by atoms with Crippen LogP contribution in [0.4, 0.5) is 11.4 Å². The van der Waals surface area contributed by atoms with Crippen molar-refractivity contribution in [3.8, 4) is 0 Å². The molecule has 77 heavy (non-hydrogen) atoms. The molecule has 0 amide bonds. The monoisotopic (exact) mass is 1260 g/mol. The lowest BCUT2D eigenvalue weighted by atomic mass is 9.80. The normalized spacial score (nSPS) is 14.2. The Balaban J connectivity index is 0.000000412. The highest BCUT2D eigenvalue weighted by atomic mass is 79.9. The van der Waals surface area contributed by atoms with Crippen LogP contribution in [-0.4, -0.2) is 131 Å². The van der Waals surface area contributed by atoms with Gasteiger partial charge in [-0.2, -0.15) is 21.4 Å². The van der Waals surface area contributed by atoms with Crippen molar-refractivity contribution >= 4 is 134 Å². The first-order valence-corrected chi connectivity index (χ1v) is 32.2. The van der Waals surface area contributed by atoms with Gasteiger partial charge < -0.3 is 10.2 Å². The number of aliphatic imine (C=N–C) groups is 1. The fourth-order valence-corrected chi connectivity index (χ4v) is 12.6. The van der Waals surface area contributed by atoms with Crippen LogP contribution in [0.1, 0.15) is 118 Å². The van der Waals surface area contributed by atoms with Crippen molar-refractivity contribution in [3.63, 3.8) is 0 Å². The van der Waals surface area contributed by atoms with Crippen LogP contribution in [0.25, 0.3) is 21.5 Å². The molecule has 2 aliphatic rings. The molecule has 2 aliphatic heterocycles. The lowest BCUT2D eigenvalue weighted by molar-refractivity contribution is -0.439. The number of halogens is 1. The van der Waals surface area contributed by atoms with Gasteiger partial charge in [-0.3, -0.25) is 23.7 Å². The Morgan fingerprint density at radius 3 is 1.39 bits per heavy atom. The Morgan fingerprint density at radius 1 is 0.597 bits per heavy atom. The van der Waals surface area contributed by atoms with Crippen LogP contribution in [-0.2, 0) is 81.9 Å². The number of nitrogens with one attached hydrogen (secondary N) is 2. The molecule has 0 atom stereocenters. The van der Waals surface area contributed by atoms with Crippen LogP contribution < -0.4 is 9.44 Å². The number of aliphatic carboxylic acids is 2. The largest absolute Gasteiger partial charge is 0.481 e. The van der Waals surface area contributed by atoms with E-state index in [1.165, 1.54) is 12.1 Å². The molecule has 0 unspecified atom stereocenters. The Kier molecular flexibility index (Phi) is 25.0. The number of sulfonamides is 2. The first-order chi connectivity index (χ1) is 35.3. The van der Waals surface area contributed by atoms with Gasteiger partial charge in [-0.05, 0) is 99.2 Å². The standard InChI is InChI=1S/C23H30N2O7S2.C17H20N2O5S2.C6H11BrO2.2O3S/c1-5-24-33(28,29)20-14-16(34(30,31)32)13-18-17(20)10-11-19-22(18)23(3,4)15(2)25(19)12-8-6-7-9-21(26)27;1-5-18-25(20,21)15-9-11(26(22,23)24)8-13-12(15)6-7-14-16(13)17(3,4)10(2)19-14;7-5-3-1-2-4-6(8)9;2*1-4(2)3/h10-11,13-14,24H,5-9,12H2,1-4H3,(H-,26,27,30,31,32);6-9,18H,5H2,1-4H3,(H,22,23,24);1-5H2,(H,8,9);;/p+1. The van der Waals surface area contributed by atoms with Crippen LogP contribution in [0, 0.1) is 0 Å². The van der Waals surface area contributed by atoms with Crippen molar-refractivity contribution < 1.29 is 92.4 Å². The second-order valence-electron chi connectivity index (χ2n) is 18.1. The molecule has 2 heterocycles. The number of alkyl halides is 1. The number of carboxylic acids is 2. The summed E-state index contributed by atoms with van der Waals surface area (Å²) in [6.07, 6.45) is 5.43. The summed E-state index contributed by atoms with van der Waals surface area (Å²) in [5.74, 6) is -1.51. The smallest absolute Gasteiger partial charge is 0.425 e. The molecule has 0 fully saturated rings. The first kappa shape index (κ1) is 68.1. The van der Waals surface area contributed by atoms with Crippen molar-refractivity contribution in [2.75, 3.05) is 25.0 Å². The van der Waals surface area contributed by atoms with Gasteiger partial charge in [0, 0.05) is 78.1 Å². The average molecular weight is 1260 g/mol. The Bertz CT molecular complexity index is 3620. The second kappa shape index (κ2) is 28.3. The van der Waals surface area contributed by atoms with E-state index < -0.39 is 94.1 Å². The molecule has 0 aromatic heterocycles. The number of carboxylic acid groups (broad SMARTS) is 2. The number of carbonyl (C=O) groups is 2. The molecule has 0 bridgehead atoms. The summed E-state index contributed by atoms with van der Waals surface area (Å²) >= 11 is 3.27. The summed E-state index contributed by atoms with van der Waals surface area (Å²) in [4.78, 5) is 23.9. The number of fused-ring (bicyclic) bond motifs is 6. The second-order valence-corrected chi connectivity index (χ2v) is 26.0. The zero-order chi connectivity index (χ0) is 59.2. The summed E-state index contributed by atoms with van der Waals surface area (Å²) in [6.45, 7) is 15.9. The van der Waals surface area contributed by atoms with Crippen LogP contribution >= 0.6 is 15.9 Å². The van der Waals surface area contributed by atoms with Crippen molar-refractivity contribution in [2.45, 2.75) is 137 Å². The third-order valence-electron chi connectivity index (χ3n) is 12.3. The van der Waals surface area contributed by atoms with Gasteiger partial charge >= 0.3 is 33.2 Å². The first-order valence-electron chi connectivity index (χ1n) is 23.2. The van der Waals surface area contributed by atoms with E-state index in [1.807, 2.05) is 47.6 Å². The van der Waals surface area contributed by atoms with E-state index in [0.29, 0.717) is 46.6 Å². The number of hydrogen-bond donors (Lipinski definition) is 6. The predicted octanol–water partition coefficient (Wildman–Crippen LogP) is 6.21. The molecule has 0 saturated heterocycles. The van der Waals surface area contributed by atoms with Crippen LogP contribution in [0.15, 0.2) is 73.1 Å². The van der Waals surface area contributed by atoms with E-state index in [4.69, 9.17) is 35.5 Å². The van der Waals surface area contributed by atoms with Gasteiger partial charge in [0.1, 0.15) is 6.54 Å². The highest BCUT2D eigenvalue weighted by Gasteiger charge is 2.45. The van der Waals surface area contributed by atoms with Gasteiger partial charge in [-0.15, -0.1) is 25.3 Å². The Labute approximate surface area is 459 Å². The summed E-state index contributed by atoms with van der Waals surface area (Å²) in [6, 6.07) is 11.5. The number of unbranched alkanes of at least 4 members (excludes halogenated alkanes) is 4. The SMILES string of the molecule is CCNS(=O)(=O)c1cc(S(=O)(=O)O)cc2c3c(ccc12)N=C(C)C3(C)C.CCNS(=O)(=O)c1cc(S(=O)(=O)O)cc2c3c(ccc12)[N+](CCCCCC(=O)O)=C(C)C3(C)C.O=C(O)CCCCCBr.O=S(=O)=O.O=S(=O)=O. The summed E-state index contributed by atoms with van der Waals surface area (Å²) in [5.41, 5.74) is 3.86. The lowest BCUT2D eigenvalue weighted by Gasteiger charge is -2.23. The third-order valence-corrected chi connectivity index (χ3v) is 17.7. The van der Waals surface area contributed by atoms with Crippen molar-refractivity contribution in [1.82, 2.24) is 9.44 Å². The van der Waals surface area contributed by atoms with Gasteiger partial charge in [0.15, 0.2) is 5.71 Å². The molecule has 0 saturated carbocycles. The van der Waals surface area contributed by atoms with Crippen molar-refractivity contribution in [2.24, 2.45) is 4.99 Å². The summed E-state index contributed by atoms with van der Waals surface area (Å²) < 4.78 is 176. The molecule has 0 radical (unpaired) electrons. The van der Waals surface area contributed by atoms with E-state index in [-0.39, 0.29) is 29.3 Å². The molecule has 428 valence electrons. The number of hydrogen-bond acceptors (Lipinski definition) is 17. The molecule has 4 aromatic rings. The summed E-state index contributed by atoms with van der Waals surface area (Å²) in [7, 11) is -23.4. The zero-order valence-electron chi connectivity index (χ0n) is 43.1. The molecule has 0 aliphatic carbocycles. The van der Waals surface area contributed by atoms with Gasteiger partial charge in [0.2, 0.25) is 25.7 Å². The summed E-state index contributed by atoms with van der Waals surface area (Å²) in [5, 5.41) is 19.7. The van der Waals surface area contributed by atoms with Crippen LogP contribution in [0.3, 0.4) is 0 Å². The maximum atomic E-state index is 12.9. The van der Waals surface area contributed by atoms with E-state index in [1.54, 1.807) is 32.0 Å². The van der Waals surface area contributed by atoms with E-state index in [9.17, 15) is 52.4 Å². The minimum Gasteiger partial charge on any atom is -0.481 e. The molecule has 0 spiro atoms. The molecule has 24 nitrogen and oxygen atoms in total. The minimum absolute atomic E-state index is 0.122. The Morgan fingerprint density at radius 2 is 1.00 bits per heavy atom. The van der Waals surface area contributed by atoms with Crippen molar-refractivity contribution in [1.29, 1.82) is 0 Å². The minimum atomic E-state index is -4.66. The number of nitrogens with zero attached hydrogens (tertiary/aromatic N) is 2. The maximum absolute atomic E-state index is 12.9. The third kappa shape index (κ3) is 18.6. The lowest BCUT2D eigenvalue weighted by Crippen LogP contribution is -2.27. The van der Waals surface area contributed by atoms with Gasteiger partial charge in [-0.25, -0.2) is 26.3 Å². The van der Waals surface area contributed by atoms with E-state index in [2.05, 4.69) is 34.9 Å². The number of rotatable bonds is 19.